The van der Waals surface area contributed by atoms with Gasteiger partial charge >= 0.3 is 0 Å². The lowest BCUT2D eigenvalue weighted by atomic mass is 10.0. The number of hydrogen-bond acceptors (Lipinski definition) is 4. The molecule has 0 saturated heterocycles. The fourth-order valence-corrected chi connectivity index (χ4v) is 2.15. The van der Waals surface area contributed by atoms with Crippen molar-refractivity contribution in [1.82, 2.24) is 9.78 Å². The van der Waals surface area contributed by atoms with Gasteiger partial charge in [0.15, 0.2) is 0 Å². The number of halogens is 1. The lowest BCUT2D eigenvalue weighted by Crippen LogP contribution is -2.20. The Labute approximate surface area is 122 Å². The molecule has 5 nitrogen and oxygen atoms in total. The molecule has 1 aromatic carbocycles. The van der Waals surface area contributed by atoms with Crippen LogP contribution in [0.1, 0.15) is 17.2 Å². The molecular weight excluding hydrogens is 280 g/mol. The molecule has 20 heavy (non-hydrogen) atoms. The van der Waals surface area contributed by atoms with E-state index in [9.17, 15) is 10.2 Å². The zero-order valence-electron chi connectivity index (χ0n) is 11.1. The maximum Gasteiger partial charge on any atom is 0.123 e. The van der Waals surface area contributed by atoms with Crippen molar-refractivity contribution in [3.05, 3.63) is 47.8 Å². The highest BCUT2D eigenvalue weighted by atomic mass is 35.5. The summed E-state index contributed by atoms with van der Waals surface area (Å²) in [4.78, 5) is 0. The van der Waals surface area contributed by atoms with E-state index in [0.29, 0.717) is 17.9 Å². The second-order valence-electron chi connectivity index (χ2n) is 4.44. The zero-order valence-corrected chi connectivity index (χ0v) is 11.9. The standard InChI is InChI=1S/C14H17ClN2O3/c1-20-13-4-3-10(14(19)12(18)8-15)7-11(13)9-17-6-2-5-16-17/h2-7,12,14,18-19H,8-9H2,1H3. The molecule has 0 saturated carbocycles. The van der Waals surface area contributed by atoms with Gasteiger partial charge in [-0.2, -0.15) is 5.10 Å². The summed E-state index contributed by atoms with van der Waals surface area (Å²) in [7, 11) is 1.59. The molecule has 0 bridgehead atoms. The Morgan fingerprint density at radius 2 is 2.20 bits per heavy atom. The van der Waals surface area contributed by atoms with E-state index < -0.39 is 12.2 Å². The molecule has 2 rings (SSSR count). The van der Waals surface area contributed by atoms with Gasteiger partial charge < -0.3 is 14.9 Å². The van der Waals surface area contributed by atoms with Crippen molar-refractivity contribution in [1.29, 1.82) is 0 Å². The normalized spacial score (nSPS) is 14.0. The summed E-state index contributed by atoms with van der Waals surface area (Å²) in [6.07, 6.45) is 1.52. The summed E-state index contributed by atoms with van der Waals surface area (Å²) < 4.78 is 7.06. The first-order chi connectivity index (χ1) is 9.65. The van der Waals surface area contributed by atoms with Crippen molar-refractivity contribution in [3.63, 3.8) is 0 Å². The van der Waals surface area contributed by atoms with E-state index in [4.69, 9.17) is 16.3 Å². The highest BCUT2D eigenvalue weighted by Gasteiger charge is 2.18. The topological polar surface area (TPSA) is 67.5 Å². The van der Waals surface area contributed by atoms with Gasteiger partial charge in [-0.25, -0.2) is 0 Å². The van der Waals surface area contributed by atoms with E-state index in [1.807, 2.05) is 12.3 Å². The monoisotopic (exact) mass is 296 g/mol. The smallest absolute Gasteiger partial charge is 0.123 e. The number of alkyl halides is 1. The third kappa shape index (κ3) is 3.30. The summed E-state index contributed by atoms with van der Waals surface area (Å²) in [6.45, 7) is 0.522. The molecule has 0 aliphatic heterocycles. The average Bonchev–Trinajstić information content (AvgIpc) is 2.98. The van der Waals surface area contributed by atoms with Gasteiger partial charge in [0.25, 0.3) is 0 Å². The Morgan fingerprint density at radius 3 is 2.80 bits per heavy atom. The van der Waals surface area contributed by atoms with Crippen LogP contribution in [0.4, 0.5) is 0 Å². The van der Waals surface area contributed by atoms with E-state index in [0.717, 1.165) is 5.56 Å². The van der Waals surface area contributed by atoms with E-state index >= 15 is 0 Å². The molecule has 0 amide bonds. The predicted molar refractivity (Wildman–Crippen MR) is 76.0 cm³/mol. The fourth-order valence-electron chi connectivity index (χ4n) is 1.98. The fraction of sp³-hybridized carbons (Fsp3) is 0.357. The van der Waals surface area contributed by atoms with Gasteiger partial charge in [0.1, 0.15) is 11.9 Å². The third-order valence-corrected chi connectivity index (χ3v) is 3.38. The van der Waals surface area contributed by atoms with Crippen LogP contribution in [0.25, 0.3) is 0 Å². The van der Waals surface area contributed by atoms with Crippen LogP contribution in [0.15, 0.2) is 36.7 Å². The number of ether oxygens (including phenoxy) is 1. The SMILES string of the molecule is COc1ccc(C(O)C(O)CCl)cc1Cn1cccn1. The van der Waals surface area contributed by atoms with Crippen LogP contribution in [0.2, 0.25) is 0 Å². The van der Waals surface area contributed by atoms with Crippen LogP contribution in [0.3, 0.4) is 0 Å². The van der Waals surface area contributed by atoms with E-state index in [2.05, 4.69) is 5.10 Å². The third-order valence-electron chi connectivity index (χ3n) is 3.06. The van der Waals surface area contributed by atoms with E-state index in [1.165, 1.54) is 0 Å². The maximum atomic E-state index is 10.0. The van der Waals surface area contributed by atoms with E-state index in [-0.39, 0.29) is 5.88 Å². The summed E-state index contributed by atoms with van der Waals surface area (Å²) in [5, 5.41) is 23.8. The minimum absolute atomic E-state index is 0.0261. The highest BCUT2D eigenvalue weighted by Crippen LogP contribution is 2.26. The van der Waals surface area contributed by atoms with Crippen molar-refractivity contribution in [3.8, 4) is 5.75 Å². The Kier molecular flexibility index (Phi) is 5.00. The van der Waals surface area contributed by atoms with Crippen molar-refractivity contribution < 1.29 is 14.9 Å². The van der Waals surface area contributed by atoms with Gasteiger partial charge in [0, 0.05) is 18.0 Å². The number of aliphatic hydroxyl groups excluding tert-OH is 2. The number of nitrogens with zero attached hydrogens (tertiary/aromatic N) is 2. The second-order valence-corrected chi connectivity index (χ2v) is 4.75. The second kappa shape index (κ2) is 6.74. The maximum absolute atomic E-state index is 10.0. The summed E-state index contributed by atoms with van der Waals surface area (Å²) in [5.74, 6) is 0.679. The molecule has 1 heterocycles. The van der Waals surface area contributed by atoms with Crippen LogP contribution >= 0.6 is 11.6 Å². The molecule has 0 spiro atoms. The van der Waals surface area contributed by atoms with Crippen molar-refractivity contribution in [2.45, 2.75) is 18.8 Å². The predicted octanol–water partition coefficient (Wildman–Crippen LogP) is 1.57. The first-order valence-electron chi connectivity index (χ1n) is 6.22. The van der Waals surface area contributed by atoms with Crippen molar-refractivity contribution in [2.75, 3.05) is 13.0 Å². The summed E-state index contributed by atoms with van der Waals surface area (Å²) in [5.41, 5.74) is 1.47. The molecule has 2 unspecified atom stereocenters. The lowest BCUT2D eigenvalue weighted by Gasteiger charge is -2.18. The molecule has 2 aromatic rings. The minimum atomic E-state index is -1.02. The number of rotatable bonds is 6. The Bertz CT molecular complexity index is 545. The van der Waals surface area contributed by atoms with Crippen LogP contribution in [0, 0.1) is 0 Å². The van der Waals surface area contributed by atoms with Crippen molar-refractivity contribution in [2.24, 2.45) is 0 Å². The average molecular weight is 297 g/mol. The summed E-state index contributed by atoms with van der Waals surface area (Å²) in [6, 6.07) is 7.10. The molecule has 108 valence electrons. The Morgan fingerprint density at radius 1 is 1.40 bits per heavy atom. The van der Waals surface area contributed by atoms with Crippen LogP contribution < -0.4 is 4.74 Å². The van der Waals surface area contributed by atoms with Gasteiger partial charge in [-0.3, -0.25) is 4.68 Å². The molecule has 1 aromatic heterocycles. The lowest BCUT2D eigenvalue weighted by molar-refractivity contribution is 0.0326. The van der Waals surface area contributed by atoms with Gasteiger partial charge in [-0.05, 0) is 23.8 Å². The van der Waals surface area contributed by atoms with Gasteiger partial charge in [0.05, 0.1) is 25.6 Å². The molecule has 2 N–H and O–H groups in total. The zero-order chi connectivity index (χ0) is 14.5. The first kappa shape index (κ1) is 14.8. The van der Waals surface area contributed by atoms with Gasteiger partial charge in [-0.15, -0.1) is 11.6 Å². The molecule has 0 fully saturated rings. The minimum Gasteiger partial charge on any atom is -0.496 e. The van der Waals surface area contributed by atoms with Crippen molar-refractivity contribution >= 4 is 11.6 Å². The largest absolute Gasteiger partial charge is 0.496 e. The molecule has 2 atom stereocenters. The number of hydrogen-bond donors (Lipinski definition) is 2. The first-order valence-corrected chi connectivity index (χ1v) is 6.75. The number of aliphatic hydroxyl groups is 2. The Balaban J connectivity index is 2.28. The number of benzene rings is 1. The van der Waals surface area contributed by atoms with E-state index in [1.54, 1.807) is 36.2 Å². The molecule has 0 aliphatic carbocycles. The highest BCUT2D eigenvalue weighted by molar-refractivity contribution is 6.18. The van der Waals surface area contributed by atoms with Gasteiger partial charge in [0.2, 0.25) is 0 Å². The molecule has 6 heteroatoms. The Hall–Kier alpha value is -1.56. The molecular formula is C14H17ClN2O3. The molecule has 0 radical (unpaired) electrons. The van der Waals surface area contributed by atoms with Crippen LogP contribution in [-0.4, -0.2) is 39.1 Å². The van der Waals surface area contributed by atoms with Gasteiger partial charge in [-0.1, -0.05) is 6.07 Å². The summed E-state index contributed by atoms with van der Waals surface area (Å²) >= 11 is 5.56. The molecule has 0 aliphatic rings. The van der Waals surface area contributed by atoms with Crippen LogP contribution in [0.5, 0.6) is 5.75 Å². The number of methoxy groups -OCH3 is 1. The quantitative estimate of drug-likeness (QED) is 0.794. The van der Waals surface area contributed by atoms with Crippen LogP contribution in [-0.2, 0) is 6.54 Å². The number of aromatic nitrogens is 2.